The van der Waals surface area contributed by atoms with Crippen molar-refractivity contribution in [3.05, 3.63) is 36.7 Å². The number of hydrogen-bond acceptors (Lipinski definition) is 5. The fraction of sp³-hybridized carbons (Fsp3) is 0.438. The number of aromatic nitrogens is 4. The van der Waals surface area contributed by atoms with Crippen molar-refractivity contribution in [1.29, 1.82) is 0 Å². The number of carbonyl (C=O) groups is 2. The van der Waals surface area contributed by atoms with E-state index in [4.69, 9.17) is 0 Å². The summed E-state index contributed by atoms with van der Waals surface area (Å²) >= 11 is 0. The molecule has 1 atom stereocenters. The molecule has 2 amide bonds. The van der Waals surface area contributed by atoms with E-state index in [0.717, 1.165) is 12.1 Å². The summed E-state index contributed by atoms with van der Waals surface area (Å²) in [6, 6.07) is 0. The molecule has 0 N–H and O–H groups in total. The van der Waals surface area contributed by atoms with E-state index >= 15 is 0 Å². The zero-order valence-electron chi connectivity index (χ0n) is 13.4. The first-order chi connectivity index (χ1) is 11.6. The van der Waals surface area contributed by atoms with Crippen LogP contribution in [0.3, 0.4) is 0 Å². The van der Waals surface area contributed by atoms with Gasteiger partial charge in [-0.15, -0.1) is 0 Å². The predicted molar refractivity (Wildman–Crippen MR) is 85.2 cm³/mol. The summed E-state index contributed by atoms with van der Waals surface area (Å²) in [4.78, 5) is 36.6. The molecule has 0 aromatic carbocycles. The summed E-state index contributed by atoms with van der Waals surface area (Å²) in [5, 5.41) is 4.14. The maximum atomic E-state index is 12.5. The van der Waals surface area contributed by atoms with Crippen molar-refractivity contribution in [3.63, 3.8) is 0 Å². The second-order valence-electron chi connectivity index (χ2n) is 6.60. The molecule has 0 saturated carbocycles. The number of nitrogens with zero attached hydrogens (tertiary/aromatic N) is 6. The quantitative estimate of drug-likeness (QED) is 0.801. The minimum absolute atomic E-state index is 0.0943. The van der Waals surface area contributed by atoms with Gasteiger partial charge in [-0.1, -0.05) is 0 Å². The molecule has 2 aromatic rings. The van der Waals surface area contributed by atoms with Crippen molar-refractivity contribution in [2.24, 2.45) is 12.5 Å². The number of carbonyl (C=O) groups excluding carboxylic acids is 2. The van der Waals surface area contributed by atoms with Gasteiger partial charge in [-0.3, -0.25) is 19.3 Å². The Kier molecular flexibility index (Phi) is 3.33. The first-order valence-corrected chi connectivity index (χ1v) is 7.91. The summed E-state index contributed by atoms with van der Waals surface area (Å²) < 4.78 is 1.69. The van der Waals surface area contributed by atoms with Crippen molar-refractivity contribution < 1.29 is 9.59 Å². The fourth-order valence-electron chi connectivity index (χ4n) is 3.63. The smallest absolute Gasteiger partial charge is 0.274 e. The first-order valence-electron chi connectivity index (χ1n) is 7.91. The summed E-state index contributed by atoms with van der Waals surface area (Å²) in [5.41, 5.74) is 0.992. The van der Waals surface area contributed by atoms with Crippen LogP contribution in [0.1, 0.15) is 23.3 Å². The van der Waals surface area contributed by atoms with Crippen LogP contribution in [0.15, 0.2) is 31.0 Å². The van der Waals surface area contributed by atoms with Crippen molar-refractivity contribution in [2.45, 2.75) is 12.8 Å². The topological polar surface area (TPSA) is 84.2 Å². The molecule has 4 rings (SSSR count). The predicted octanol–water partition coefficient (Wildman–Crippen LogP) is 0.479. The molecule has 2 aliphatic rings. The second kappa shape index (κ2) is 5.40. The van der Waals surface area contributed by atoms with Gasteiger partial charge in [0.15, 0.2) is 0 Å². The Labute approximate surface area is 139 Å². The lowest BCUT2D eigenvalue weighted by Gasteiger charge is -2.23. The van der Waals surface area contributed by atoms with Crippen LogP contribution in [0.2, 0.25) is 0 Å². The normalized spacial score (nSPS) is 23.5. The molecule has 2 fully saturated rings. The molecule has 24 heavy (non-hydrogen) atoms. The first kappa shape index (κ1) is 14.8. The van der Waals surface area contributed by atoms with Gasteiger partial charge in [0.2, 0.25) is 5.91 Å². The van der Waals surface area contributed by atoms with Crippen LogP contribution < -0.4 is 4.90 Å². The van der Waals surface area contributed by atoms with Gasteiger partial charge in [0, 0.05) is 57.1 Å². The Hall–Kier alpha value is -2.77. The second-order valence-corrected chi connectivity index (χ2v) is 6.60. The lowest BCUT2D eigenvalue weighted by atomic mass is 9.86. The van der Waals surface area contributed by atoms with E-state index in [1.807, 2.05) is 13.2 Å². The van der Waals surface area contributed by atoms with Crippen LogP contribution in [0.5, 0.6) is 0 Å². The van der Waals surface area contributed by atoms with Crippen LogP contribution in [0.25, 0.3) is 0 Å². The van der Waals surface area contributed by atoms with E-state index in [9.17, 15) is 9.59 Å². The maximum absolute atomic E-state index is 12.5. The van der Waals surface area contributed by atoms with E-state index in [1.54, 1.807) is 26.9 Å². The molecule has 0 bridgehead atoms. The van der Waals surface area contributed by atoms with Gasteiger partial charge >= 0.3 is 0 Å². The third-order valence-electron chi connectivity index (χ3n) is 4.83. The Morgan fingerprint density at radius 2 is 2.12 bits per heavy atom. The lowest BCUT2D eigenvalue weighted by Crippen LogP contribution is -2.34. The number of hydrogen-bond donors (Lipinski definition) is 0. The van der Waals surface area contributed by atoms with Gasteiger partial charge in [-0.05, 0) is 6.42 Å². The molecule has 0 unspecified atom stereocenters. The van der Waals surface area contributed by atoms with E-state index in [1.165, 1.54) is 12.4 Å². The van der Waals surface area contributed by atoms with Crippen LogP contribution in [-0.2, 0) is 11.8 Å². The number of rotatable bonds is 2. The Morgan fingerprint density at radius 1 is 1.25 bits per heavy atom. The van der Waals surface area contributed by atoms with E-state index in [0.29, 0.717) is 31.7 Å². The third-order valence-corrected chi connectivity index (χ3v) is 4.83. The Balaban J connectivity index is 1.50. The number of aryl methyl sites for hydroxylation is 1. The van der Waals surface area contributed by atoms with Crippen LogP contribution in [0.4, 0.5) is 5.69 Å². The highest BCUT2D eigenvalue weighted by Crippen LogP contribution is 2.41. The van der Waals surface area contributed by atoms with Gasteiger partial charge < -0.3 is 9.80 Å². The summed E-state index contributed by atoms with van der Waals surface area (Å²) in [7, 11) is 1.83. The largest absolute Gasteiger partial charge is 0.337 e. The van der Waals surface area contributed by atoms with Gasteiger partial charge in [-0.2, -0.15) is 5.10 Å². The SMILES string of the molecule is Cn1cc(N2C[C@@]3(CCN(C(=O)c4cnccn4)C3)CC2=O)cn1. The molecule has 8 nitrogen and oxygen atoms in total. The summed E-state index contributed by atoms with van der Waals surface area (Å²) in [6.07, 6.45) is 9.37. The Morgan fingerprint density at radius 3 is 2.83 bits per heavy atom. The number of anilines is 1. The van der Waals surface area contributed by atoms with Crippen LogP contribution in [-0.4, -0.2) is 56.1 Å². The van der Waals surface area contributed by atoms with E-state index in [2.05, 4.69) is 15.1 Å². The fourth-order valence-corrected chi connectivity index (χ4v) is 3.63. The highest BCUT2D eigenvalue weighted by atomic mass is 16.2. The molecule has 0 radical (unpaired) electrons. The molecule has 8 heteroatoms. The molecule has 4 heterocycles. The highest BCUT2D eigenvalue weighted by Gasteiger charge is 2.49. The van der Waals surface area contributed by atoms with Gasteiger partial charge in [0.1, 0.15) is 5.69 Å². The minimum atomic E-state index is -0.176. The summed E-state index contributed by atoms with van der Waals surface area (Å²) in [5.74, 6) is -0.0240. The average molecular weight is 326 g/mol. The van der Waals surface area contributed by atoms with Crippen molar-refractivity contribution in [3.8, 4) is 0 Å². The molecule has 124 valence electrons. The van der Waals surface area contributed by atoms with Crippen molar-refractivity contribution in [2.75, 3.05) is 24.5 Å². The maximum Gasteiger partial charge on any atom is 0.274 e. The molecule has 2 aromatic heterocycles. The molecular weight excluding hydrogens is 308 g/mol. The van der Waals surface area contributed by atoms with E-state index in [-0.39, 0.29) is 17.2 Å². The third kappa shape index (κ3) is 2.44. The summed E-state index contributed by atoms with van der Waals surface area (Å²) in [6.45, 7) is 1.84. The van der Waals surface area contributed by atoms with Crippen LogP contribution in [0, 0.1) is 5.41 Å². The van der Waals surface area contributed by atoms with Crippen molar-refractivity contribution >= 4 is 17.5 Å². The van der Waals surface area contributed by atoms with Crippen LogP contribution >= 0.6 is 0 Å². The number of likely N-dealkylation sites (tertiary alicyclic amines) is 1. The lowest BCUT2D eigenvalue weighted by molar-refractivity contribution is -0.117. The van der Waals surface area contributed by atoms with Gasteiger partial charge in [0.25, 0.3) is 5.91 Å². The molecule has 2 aliphatic heterocycles. The minimum Gasteiger partial charge on any atom is -0.337 e. The number of amides is 2. The van der Waals surface area contributed by atoms with E-state index < -0.39 is 0 Å². The zero-order valence-corrected chi connectivity index (χ0v) is 13.4. The zero-order chi connectivity index (χ0) is 16.7. The van der Waals surface area contributed by atoms with Gasteiger partial charge in [-0.25, -0.2) is 4.98 Å². The van der Waals surface area contributed by atoms with Crippen molar-refractivity contribution in [1.82, 2.24) is 24.6 Å². The standard InChI is InChI=1S/C16H18N6O2/c1-20-9-12(7-19-20)22-11-16(6-14(22)23)2-5-21(10-16)15(24)13-8-17-3-4-18-13/h3-4,7-9H,2,5-6,10-11H2,1H3/t16-/m0/s1. The molecule has 0 aliphatic carbocycles. The highest BCUT2D eigenvalue weighted by molar-refractivity contribution is 5.97. The molecule has 2 saturated heterocycles. The molecule has 1 spiro atoms. The van der Waals surface area contributed by atoms with Gasteiger partial charge in [0.05, 0.1) is 18.1 Å². The monoisotopic (exact) mass is 326 g/mol. The average Bonchev–Trinajstić information content (AvgIpc) is 3.27. The Bertz CT molecular complexity index is 789. The molecular formula is C16H18N6O2.